The van der Waals surface area contributed by atoms with Gasteiger partial charge < -0.3 is 10.2 Å². The van der Waals surface area contributed by atoms with Gasteiger partial charge in [0.1, 0.15) is 6.04 Å². The van der Waals surface area contributed by atoms with Crippen LogP contribution >= 0.6 is 35.0 Å². The molecule has 0 bridgehead atoms. The van der Waals surface area contributed by atoms with E-state index in [1.165, 1.54) is 11.8 Å². The second kappa shape index (κ2) is 12.7. The minimum Gasteiger partial charge on any atom is -0.350 e. The van der Waals surface area contributed by atoms with Crippen LogP contribution in [0.3, 0.4) is 0 Å². The molecule has 0 saturated heterocycles. The van der Waals surface area contributed by atoms with Crippen LogP contribution in [0.4, 0.5) is 0 Å². The molecule has 4 nitrogen and oxygen atoms in total. The summed E-state index contributed by atoms with van der Waals surface area (Å²) in [6.07, 6.45) is 0.384. The lowest BCUT2D eigenvalue weighted by Gasteiger charge is -2.34. The van der Waals surface area contributed by atoms with Crippen LogP contribution in [-0.2, 0) is 22.6 Å². The highest BCUT2D eigenvalue weighted by Crippen LogP contribution is 2.26. The summed E-state index contributed by atoms with van der Waals surface area (Å²) < 4.78 is 0. The van der Waals surface area contributed by atoms with Gasteiger partial charge in [-0.05, 0) is 63.1 Å². The molecule has 190 valence electrons. The van der Waals surface area contributed by atoms with Crippen molar-refractivity contribution >= 4 is 46.8 Å². The van der Waals surface area contributed by atoms with Crippen LogP contribution in [0.5, 0.6) is 0 Å². The Hall–Kier alpha value is -2.47. The Labute approximate surface area is 228 Å². The van der Waals surface area contributed by atoms with Crippen LogP contribution in [0.1, 0.15) is 37.5 Å². The Morgan fingerprint density at radius 1 is 0.972 bits per heavy atom. The first-order valence-corrected chi connectivity index (χ1v) is 13.5. The fraction of sp³-hybridized carbons (Fsp3) is 0.310. The van der Waals surface area contributed by atoms with E-state index in [-0.39, 0.29) is 24.1 Å². The number of nitrogens with one attached hydrogen (secondary N) is 1. The zero-order valence-electron chi connectivity index (χ0n) is 21.1. The minimum absolute atomic E-state index is 0.142. The van der Waals surface area contributed by atoms with Gasteiger partial charge in [0.2, 0.25) is 11.8 Å². The summed E-state index contributed by atoms with van der Waals surface area (Å²) in [5, 5.41) is 4.05. The number of carbonyl (C=O) groups excluding carboxylic acids is 2. The van der Waals surface area contributed by atoms with E-state index in [1.54, 1.807) is 23.1 Å². The standard InChI is InChI=1S/C29H32Cl2N2O2S/c1-20-10-14-24(15-11-20)36-19-27(34)33(18-22-12-13-23(30)17-25(22)31)26(28(35)32-29(2,3)4)16-21-8-6-5-7-9-21/h5-15,17,26H,16,18-19H2,1-4H3,(H,32,35)/t26-/m0/s1. The molecule has 1 atom stereocenters. The van der Waals surface area contributed by atoms with Crippen LogP contribution in [0.25, 0.3) is 0 Å². The van der Waals surface area contributed by atoms with Gasteiger partial charge in [-0.25, -0.2) is 0 Å². The van der Waals surface area contributed by atoms with Crippen molar-refractivity contribution in [3.05, 3.63) is 99.5 Å². The lowest BCUT2D eigenvalue weighted by atomic mass is 10.0. The van der Waals surface area contributed by atoms with E-state index in [1.807, 2.05) is 82.3 Å². The van der Waals surface area contributed by atoms with Gasteiger partial charge in [0, 0.05) is 33.4 Å². The first-order valence-electron chi connectivity index (χ1n) is 11.8. The maximum Gasteiger partial charge on any atom is 0.243 e. The third-order valence-electron chi connectivity index (χ3n) is 5.51. The molecule has 0 spiro atoms. The van der Waals surface area contributed by atoms with Gasteiger partial charge in [-0.1, -0.05) is 77.3 Å². The molecule has 0 heterocycles. The third kappa shape index (κ3) is 8.58. The number of aryl methyl sites for hydroxylation is 1. The van der Waals surface area contributed by atoms with Crippen molar-refractivity contribution < 1.29 is 9.59 Å². The van der Waals surface area contributed by atoms with Gasteiger partial charge >= 0.3 is 0 Å². The summed E-state index contributed by atoms with van der Waals surface area (Å²) in [5.74, 6) is -0.149. The number of hydrogen-bond acceptors (Lipinski definition) is 3. The number of rotatable bonds is 9. The number of thioether (sulfide) groups is 1. The summed E-state index contributed by atoms with van der Waals surface area (Å²) in [6, 6.07) is 22.3. The van der Waals surface area contributed by atoms with Crippen molar-refractivity contribution in [3.8, 4) is 0 Å². The molecule has 2 amide bonds. The average molecular weight is 544 g/mol. The molecule has 0 radical (unpaired) electrons. The van der Waals surface area contributed by atoms with Gasteiger partial charge in [-0.15, -0.1) is 11.8 Å². The van der Waals surface area contributed by atoms with Gasteiger partial charge in [0.25, 0.3) is 0 Å². The van der Waals surface area contributed by atoms with Crippen LogP contribution in [0.15, 0.2) is 77.7 Å². The minimum atomic E-state index is -0.718. The van der Waals surface area contributed by atoms with Crippen molar-refractivity contribution in [2.75, 3.05) is 5.75 Å². The van der Waals surface area contributed by atoms with Gasteiger partial charge in [-0.3, -0.25) is 9.59 Å². The molecule has 3 aromatic carbocycles. The molecule has 0 aliphatic heterocycles. The molecule has 0 aromatic heterocycles. The van der Waals surface area contributed by atoms with Crippen LogP contribution < -0.4 is 5.32 Å². The van der Waals surface area contributed by atoms with Crippen LogP contribution in [0, 0.1) is 6.92 Å². The molecule has 0 saturated carbocycles. The van der Waals surface area contributed by atoms with Crippen LogP contribution in [0.2, 0.25) is 10.0 Å². The summed E-state index contributed by atoms with van der Waals surface area (Å²) in [7, 11) is 0. The maximum absolute atomic E-state index is 13.7. The first kappa shape index (κ1) is 28.1. The summed E-state index contributed by atoms with van der Waals surface area (Å²) in [5.41, 5.74) is 2.41. The quantitative estimate of drug-likeness (QED) is 0.297. The topological polar surface area (TPSA) is 49.4 Å². The number of amides is 2. The smallest absolute Gasteiger partial charge is 0.243 e. The second-order valence-corrected chi connectivity index (χ2v) is 11.7. The van der Waals surface area contributed by atoms with Gasteiger partial charge in [0.05, 0.1) is 5.75 Å². The highest BCUT2D eigenvalue weighted by atomic mass is 35.5. The Morgan fingerprint density at radius 3 is 2.25 bits per heavy atom. The highest BCUT2D eigenvalue weighted by molar-refractivity contribution is 8.00. The molecule has 0 unspecified atom stereocenters. The Bertz CT molecular complexity index is 1180. The normalized spacial score (nSPS) is 12.2. The van der Waals surface area contributed by atoms with E-state index in [0.717, 1.165) is 21.6 Å². The van der Waals surface area contributed by atoms with Crippen LogP contribution in [-0.4, -0.2) is 34.0 Å². The molecule has 3 rings (SSSR count). The molecule has 3 aromatic rings. The predicted octanol–water partition coefficient (Wildman–Crippen LogP) is 6.95. The molecular weight excluding hydrogens is 511 g/mol. The van der Waals surface area contributed by atoms with E-state index in [2.05, 4.69) is 5.32 Å². The molecule has 1 N–H and O–H groups in total. The Morgan fingerprint density at radius 2 is 1.64 bits per heavy atom. The van der Waals surface area contributed by atoms with Crippen molar-refractivity contribution in [1.29, 1.82) is 0 Å². The summed E-state index contributed by atoms with van der Waals surface area (Å²) >= 11 is 14.0. The zero-order valence-corrected chi connectivity index (χ0v) is 23.4. The first-order chi connectivity index (χ1) is 17.0. The Balaban J connectivity index is 1.95. The van der Waals surface area contributed by atoms with Crippen molar-refractivity contribution in [1.82, 2.24) is 10.2 Å². The van der Waals surface area contributed by atoms with Gasteiger partial charge in [-0.2, -0.15) is 0 Å². The van der Waals surface area contributed by atoms with Crippen molar-refractivity contribution in [2.45, 2.75) is 57.1 Å². The average Bonchev–Trinajstić information content (AvgIpc) is 2.81. The zero-order chi connectivity index (χ0) is 26.3. The number of benzene rings is 3. The fourth-order valence-corrected chi connectivity index (χ4v) is 4.96. The predicted molar refractivity (Wildman–Crippen MR) is 151 cm³/mol. The molecule has 36 heavy (non-hydrogen) atoms. The Kier molecular flexibility index (Phi) is 9.89. The van der Waals surface area contributed by atoms with E-state index in [4.69, 9.17) is 23.2 Å². The number of hydrogen-bond donors (Lipinski definition) is 1. The molecule has 7 heteroatoms. The summed E-state index contributed by atoms with van der Waals surface area (Å²) in [6.45, 7) is 8.01. The maximum atomic E-state index is 13.7. The second-order valence-electron chi connectivity index (χ2n) is 9.80. The summed E-state index contributed by atoms with van der Waals surface area (Å²) in [4.78, 5) is 29.9. The van der Waals surface area contributed by atoms with Gasteiger partial charge in [0.15, 0.2) is 0 Å². The lowest BCUT2D eigenvalue weighted by molar-refractivity contribution is -0.140. The van der Waals surface area contributed by atoms with E-state index >= 15 is 0 Å². The number of halogens is 2. The van der Waals surface area contributed by atoms with E-state index in [9.17, 15) is 9.59 Å². The molecular formula is C29H32Cl2N2O2S. The fourth-order valence-electron chi connectivity index (χ4n) is 3.70. The number of carbonyl (C=O) groups is 2. The SMILES string of the molecule is Cc1ccc(SCC(=O)N(Cc2ccc(Cl)cc2Cl)[C@@H](Cc2ccccc2)C(=O)NC(C)(C)C)cc1. The van der Waals surface area contributed by atoms with Crippen molar-refractivity contribution in [3.63, 3.8) is 0 Å². The van der Waals surface area contributed by atoms with E-state index < -0.39 is 11.6 Å². The largest absolute Gasteiger partial charge is 0.350 e. The monoisotopic (exact) mass is 542 g/mol. The molecule has 0 aliphatic rings. The molecule has 0 aliphatic carbocycles. The third-order valence-corrected chi connectivity index (χ3v) is 7.09. The number of nitrogens with zero attached hydrogens (tertiary/aromatic N) is 1. The lowest BCUT2D eigenvalue weighted by Crippen LogP contribution is -2.54. The van der Waals surface area contributed by atoms with Crippen molar-refractivity contribution in [2.24, 2.45) is 0 Å². The van der Waals surface area contributed by atoms with E-state index in [0.29, 0.717) is 16.5 Å². The highest BCUT2D eigenvalue weighted by Gasteiger charge is 2.32. The molecule has 0 fully saturated rings.